The van der Waals surface area contributed by atoms with Crippen molar-refractivity contribution in [2.24, 2.45) is 0 Å². The lowest BCUT2D eigenvalue weighted by Gasteiger charge is -2.20. The van der Waals surface area contributed by atoms with Crippen LogP contribution >= 0.6 is 0 Å². The highest BCUT2D eigenvalue weighted by molar-refractivity contribution is 5.60. The van der Waals surface area contributed by atoms with Crippen LogP contribution in [0.25, 0.3) is 11.4 Å². The van der Waals surface area contributed by atoms with Gasteiger partial charge in [0.05, 0.1) is 6.10 Å². The molecule has 1 aromatic carbocycles. The zero-order valence-corrected chi connectivity index (χ0v) is 13.9. The number of β-amino-alcohol motifs (C(OH)–C–C–N with tert-alkyl or cyclic N) is 1. The fraction of sp³-hybridized carbons (Fsp3) is 0.412. The summed E-state index contributed by atoms with van der Waals surface area (Å²) in [7, 11) is 0. The number of aliphatic hydroxyl groups excluding tert-OH is 1. The SMILES string of the molecule is O=c1cc(C(F)(F)C(F)(F)F)nc(-c2ccccc2CN2CC[C@H](O)C2)[nH]1. The Bertz CT molecular complexity index is 881. The van der Waals surface area contributed by atoms with Crippen molar-refractivity contribution in [1.29, 1.82) is 0 Å². The summed E-state index contributed by atoms with van der Waals surface area (Å²) in [6.45, 7) is 1.37. The molecule has 1 saturated heterocycles. The molecule has 1 aromatic heterocycles. The van der Waals surface area contributed by atoms with Crippen molar-refractivity contribution in [1.82, 2.24) is 14.9 Å². The van der Waals surface area contributed by atoms with Gasteiger partial charge in [0.2, 0.25) is 0 Å². The summed E-state index contributed by atoms with van der Waals surface area (Å²) in [5, 5.41) is 9.61. The molecular weight excluding hydrogens is 373 g/mol. The van der Waals surface area contributed by atoms with Gasteiger partial charge >= 0.3 is 12.1 Å². The second kappa shape index (κ2) is 7.01. The second-order valence-corrected chi connectivity index (χ2v) is 6.39. The summed E-state index contributed by atoms with van der Waals surface area (Å²) >= 11 is 0. The Morgan fingerprint density at radius 3 is 2.56 bits per heavy atom. The summed E-state index contributed by atoms with van der Waals surface area (Å²) < 4.78 is 65.2. The molecule has 10 heteroatoms. The maximum Gasteiger partial charge on any atom is 0.459 e. The number of alkyl halides is 5. The van der Waals surface area contributed by atoms with Crippen LogP contribution in [0.3, 0.4) is 0 Å². The highest BCUT2D eigenvalue weighted by atomic mass is 19.4. The number of nitrogens with one attached hydrogen (secondary N) is 1. The molecule has 0 saturated carbocycles. The molecule has 0 bridgehead atoms. The van der Waals surface area contributed by atoms with Crippen molar-refractivity contribution in [3.8, 4) is 11.4 Å². The lowest BCUT2D eigenvalue weighted by atomic mass is 10.1. The smallest absolute Gasteiger partial charge is 0.392 e. The molecule has 0 radical (unpaired) electrons. The van der Waals surface area contributed by atoms with Crippen LogP contribution in [0.2, 0.25) is 0 Å². The average molecular weight is 389 g/mol. The van der Waals surface area contributed by atoms with Crippen molar-refractivity contribution in [3.05, 3.63) is 51.9 Å². The maximum absolute atomic E-state index is 13.6. The van der Waals surface area contributed by atoms with E-state index in [-0.39, 0.29) is 17.5 Å². The van der Waals surface area contributed by atoms with E-state index in [2.05, 4.69) is 9.97 Å². The third-order valence-electron chi connectivity index (χ3n) is 4.33. The third kappa shape index (κ3) is 4.01. The molecule has 1 aliphatic rings. The number of aromatic nitrogens is 2. The van der Waals surface area contributed by atoms with Gasteiger partial charge in [-0.25, -0.2) is 4.98 Å². The minimum Gasteiger partial charge on any atom is -0.392 e. The first-order valence-corrected chi connectivity index (χ1v) is 8.13. The minimum atomic E-state index is -5.86. The molecule has 1 aliphatic heterocycles. The fourth-order valence-electron chi connectivity index (χ4n) is 2.98. The Morgan fingerprint density at radius 1 is 1.22 bits per heavy atom. The number of rotatable bonds is 4. The first-order valence-electron chi connectivity index (χ1n) is 8.13. The normalized spacial score (nSPS) is 18.8. The molecule has 27 heavy (non-hydrogen) atoms. The Balaban J connectivity index is 2.01. The fourth-order valence-corrected chi connectivity index (χ4v) is 2.98. The van der Waals surface area contributed by atoms with Gasteiger partial charge in [0, 0.05) is 31.3 Å². The summed E-state index contributed by atoms with van der Waals surface area (Å²) in [5.74, 6) is -5.61. The highest BCUT2D eigenvalue weighted by Gasteiger charge is 2.60. The van der Waals surface area contributed by atoms with Crippen LogP contribution in [0.5, 0.6) is 0 Å². The van der Waals surface area contributed by atoms with E-state index in [0.717, 1.165) is 0 Å². The van der Waals surface area contributed by atoms with E-state index in [4.69, 9.17) is 0 Å². The molecule has 2 N–H and O–H groups in total. The standard InChI is InChI=1S/C17H16F5N3O2/c18-16(19,17(20,21)22)13-7-14(27)24-15(23-13)12-4-2-1-3-10(12)8-25-6-5-11(26)9-25/h1-4,7,11,26H,5-6,8-9H2,(H,23,24,27)/t11-/m0/s1. The number of nitrogens with zero attached hydrogens (tertiary/aromatic N) is 2. The molecule has 0 aliphatic carbocycles. The second-order valence-electron chi connectivity index (χ2n) is 6.39. The first kappa shape index (κ1) is 19.4. The van der Waals surface area contributed by atoms with Crippen LogP contribution in [0, 0.1) is 0 Å². The molecule has 0 amide bonds. The minimum absolute atomic E-state index is 0.149. The van der Waals surface area contributed by atoms with E-state index in [1.54, 1.807) is 18.2 Å². The molecule has 146 valence electrons. The Morgan fingerprint density at radius 2 is 1.93 bits per heavy atom. The Labute approximate surface area is 150 Å². The molecule has 1 fully saturated rings. The van der Waals surface area contributed by atoms with Gasteiger partial charge in [-0.3, -0.25) is 9.69 Å². The Kier molecular flexibility index (Phi) is 5.04. The number of aliphatic hydroxyl groups is 1. The van der Waals surface area contributed by atoms with E-state index in [1.807, 2.05) is 4.90 Å². The largest absolute Gasteiger partial charge is 0.459 e. The quantitative estimate of drug-likeness (QED) is 0.789. The number of benzene rings is 1. The summed E-state index contributed by atoms with van der Waals surface area (Å²) in [6.07, 6.45) is -5.75. The number of halogens is 5. The van der Waals surface area contributed by atoms with Gasteiger partial charge in [0.15, 0.2) is 0 Å². The maximum atomic E-state index is 13.6. The highest BCUT2D eigenvalue weighted by Crippen LogP contribution is 2.42. The van der Waals surface area contributed by atoms with E-state index in [1.165, 1.54) is 6.07 Å². The van der Waals surface area contributed by atoms with Crippen LogP contribution in [0.4, 0.5) is 22.0 Å². The zero-order chi connectivity index (χ0) is 19.8. The van der Waals surface area contributed by atoms with Gasteiger partial charge in [-0.1, -0.05) is 24.3 Å². The summed E-state index contributed by atoms with van der Waals surface area (Å²) in [5.41, 5.74) is -1.93. The van der Waals surface area contributed by atoms with Crippen molar-refractivity contribution in [2.45, 2.75) is 31.2 Å². The summed E-state index contributed by atoms with van der Waals surface area (Å²) in [6, 6.07) is 6.53. The van der Waals surface area contributed by atoms with Crippen molar-refractivity contribution in [2.75, 3.05) is 13.1 Å². The average Bonchev–Trinajstić information content (AvgIpc) is 2.98. The topological polar surface area (TPSA) is 69.2 Å². The number of likely N-dealkylation sites (tertiary alicyclic amines) is 1. The van der Waals surface area contributed by atoms with Gasteiger partial charge in [-0.15, -0.1) is 0 Å². The predicted octanol–water partition coefficient (Wildman–Crippen LogP) is 2.66. The monoisotopic (exact) mass is 389 g/mol. The van der Waals surface area contributed by atoms with Crippen molar-refractivity contribution >= 4 is 0 Å². The molecule has 2 aromatic rings. The van der Waals surface area contributed by atoms with E-state index >= 15 is 0 Å². The molecule has 5 nitrogen and oxygen atoms in total. The lowest BCUT2D eigenvalue weighted by Crippen LogP contribution is -2.36. The molecule has 2 heterocycles. The first-order chi connectivity index (χ1) is 12.6. The van der Waals surface area contributed by atoms with Crippen LogP contribution in [-0.2, 0) is 12.5 Å². The summed E-state index contributed by atoms with van der Waals surface area (Å²) in [4.78, 5) is 19.3. The van der Waals surface area contributed by atoms with E-state index in [0.29, 0.717) is 31.6 Å². The number of H-pyrrole nitrogens is 1. The lowest BCUT2D eigenvalue weighted by molar-refractivity contribution is -0.291. The van der Waals surface area contributed by atoms with Crippen LogP contribution in [-0.4, -0.2) is 45.3 Å². The Hall–Kier alpha value is -2.33. The van der Waals surface area contributed by atoms with Crippen LogP contribution in [0.1, 0.15) is 17.7 Å². The van der Waals surface area contributed by atoms with Gasteiger partial charge in [0.25, 0.3) is 5.56 Å². The van der Waals surface area contributed by atoms with E-state index in [9.17, 15) is 31.9 Å². The number of hydrogen-bond donors (Lipinski definition) is 2. The molecule has 1 atom stereocenters. The van der Waals surface area contributed by atoms with Gasteiger partial charge in [-0.05, 0) is 12.0 Å². The van der Waals surface area contributed by atoms with Crippen molar-refractivity contribution in [3.63, 3.8) is 0 Å². The molecule has 3 rings (SSSR count). The van der Waals surface area contributed by atoms with Gasteiger partial charge in [-0.2, -0.15) is 22.0 Å². The number of hydrogen-bond acceptors (Lipinski definition) is 4. The molecule has 0 spiro atoms. The zero-order valence-electron chi connectivity index (χ0n) is 13.9. The van der Waals surface area contributed by atoms with Gasteiger partial charge < -0.3 is 10.1 Å². The molecule has 0 unspecified atom stereocenters. The van der Waals surface area contributed by atoms with Gasteiger partial charge in [0.1, 0.15) is 11.5 Å². The van der Waals surface area contributed by atoms with Crippen LogP contribution < -0.4 is 5.56 Å². The van der Waals surface area contributed by atoms with E-state index < -0.39 is 29.5 Å². The van der Waals surface area contributed by atoms with Crippen LogP contribution in [0.15, 0.2) is 35.1 Å². The number of aromatic amines is 1. The predicted molar refractivity (Wildman–Crippen MR) is 86.1 cm³/mol. The third-order valence-corrected chi connectivity index (χ3v) is 4.33. The van der Waals surface area contributed by atoms with Crippen molar-refractivity contribution < 1.29 is 27.1 Å². The molecular formula is C17H16F5N3O2.